The van der Waals surface area contributed by atoms with Crippen molar-refractivity contribution >= 4 is 5.91 Å². The Morgan fingerprint density at radius 1 is 1.33 bits per heavy atom. The highest BCUT2D eigenvalue weighted by Crippen LogP contribution is 2.24. The molecule has 1 fully saturated rings. The second-order valence-electron chi connectivity index (χ2n) is 5.38. The van der Waals surface area contributed by atoms with Crippen LogP contribution in [0, 0.1) is 0 Å². The zero-order chi connectivity index (χ0) is 14.7. The lowest BCUT2D eigenvalue weighted by atomic mass is 10.2. The molecule has 1 heterocycles. The third kappa shape index (κ3) is 3.24. The number of hydrogen-bond donors (Lipinski definition) is 1. The summed E-state index contributed by atoms with van der Waals surface area (Å²) in [5.74, 6) is 0.765. The molecule has 5 heteroatoms. The average molecular weight is 285 g/mol. The lowest BCUT2D eigenvalue weighted by Gasteiger charge is -2.22. The summed E-state index contributed by atoms with van der Waals surface area (Å²) in [6, 6.07) is 9.80. The molecular weight excluding hydrogens is 266 g/mol. The first-order valence-corrected chi connectivity index (χ1v) is 7.23. The van der Waals surface area contributed by atoms with Gasteiger partial charge in [-0.2, -0.15) is 5.10 Å². The van der Waals surface area contributed by atoms with Gasteiger partial charge in [-0.1, -0.05) is 18.2 Å². The lowest BCUT2D eigenvalue weighted by Crippen LogP contribution is -2.42. The molecule has 2 atom stereocenters. The summed E-state index contributed by atoms with van der Waals surface area (Å²) in [4.78, 5) is 12.2. The molecule has 3 rings (SSSR count). The number of carbonyl (C=O) groups is 1. The molecule has 0 spiro atoms. The number of amides is 1. The molecule has 1 amide bonds. The van der Waals surface area contributed by atoms with E-state index < -0.39 is 0 Å². The molecular formula is C16H19N3O2. The van der Waals surface area contributed by atoms with Crippen LogP contribution in [0.3, 0.4) is 0 Å². The second kappa shape index (κ2) is 5.99. The molecule has 2 aromatic rings. The number of aromatic nitrogens is 2. The molecule has 1 N–H and O–H groups in total. The number of nitrogens with one attached hydrogen (secondary N) is 1. The Balaban J connectivity index is 1.63. The second-order valence-corrected chi connectivity index (χ2v) is 5.38. The van der Waals surface area contributed by atoms with Gasteiger partial charge < -0.3 is 10.1 Å². The topological polar surface area (TPSA) is 56.2 Å². The van der Waals surface area contributed by atoms with E-state index in [1.54, 1.807) is 24.1 Å². The van der Waals surface area contributed by atoms with Gasteiger partial charge in [0.25, 0.3) is 5.91 Å². The van der Waals surface area contributed by atoms with Crippen molar-refractivity contribution < 1.29 is 9.53 Å². The van der Waals surface area contributed by atoms with Gasteiger partial charge in [0, 0.05) is 13.2 Å². The molecule has 1 aliphatic rings. The zero-order valence-corrected chi connectivity index (χ0v) is 12.0. The van der Waals surface area contributed by atoms with Crippen LogP contribution in [0.25, 0.3) is 0 Å². The highest BCUT2D eigenvalue weighted by Gasteiger charge is 2.30. The van der Waals surface area contributed by atoms with Gasteiger partial charge in [-0.05, 0) is 31.4 Å². The third-order valence-corrected chi connectivity index (χ3v) is 3.77. The average Bonchev–Trinajstić information content (AvgIpc) is 3.10. The van der Waals surface area contributed by atoms with E-state index in [1.165, 1.54) is 0 Å². The van der Waals surface area contributed by atoms with Crippen LogP contribution in [0.1, 0.15) is 29.6 Å². The van der Waals surface area contributed by atoms with Gasteiger partial charge in [0.1, 0.15) is 11.9 Å². The molecule has 110 valence electrons. The van der Waals surface area contributed by atoms with E-state index in [0.717, 1.165) is 25.0 Å². The number of ether oxygens (including phenoxy) is 1. The van der Waals surface area contributed by atoms with Crippen LogP contribution in [0.15, 0.2) is 42.7 Å². The number of rotatable bonds is 4. The minimum atomic E-state index is -0.0864. The van der Waals surface area contributed by atoms with E-state index in [1.807, 2.05) is 30.3 Å². The Morgan fingerprint density at radius 3 is 2.86 bits per heavy atom. The summed E-state index contributed by atoms with van der Waals surface area (Å²) >= 11 is 0. The maximum absolute atomic E-state index is 12.2. The molecule has 1 aromatic heterocycles. The Bertz CT molecular complexity index is 609. The van der Waals surface area contributed by atoms with Gasteiger partial charge in [-0.15, -0.1) is 0 Å². The van der Waals surface area contributed by atoms with Crippen molar-refractivity contribution in [3.8, 4) is 5.75 Å². The molecule has 1 aromatic carbocycles. The minimum absolute atomic E-state index is 0.0352. The molecule has 0 bridgehead atoms. The van der Waals surface area contributed by atoms with Gasteiger partial charge in [0.15, 0.2) is 0 Å². The number of para-hydroxylation sites is 1. The first kappa shape index (κ1) is 13.7. The van der Waals surface area contributed by atoms with Crippen molar-refractivity contribution in [3.63, 3.8) is 0 Å². The summed E-state index contributed by atoms with van der Waals surface area (Å²) in [6.07, 6.45) is 6.31. The monoisotopic (exact) mass is 285 g/mol. The summed E-state index contributed by atoms with van der Waals surface area (Å²) in [5.41, 5.74) is 0.586. The summed E-state index contributed by atoms with van der Waals surface area (Å²) in [6.45, 7) is 0. The number of benzene rings is 1. The van der Waals surface area contributed by atoms with E-state index in [4.69, 9.17) is 4.74 Å². The van der Waals surface area contributed by atoms with Crippen molar-refractivity contribution in [3.05, 3.63) is 48.3 Å². The standard InChI is InChI=1S/C16H19N3O2/c1-19-11-12(10-17-19)16(20)18-14-8-5-9-15(14)21-13-6-3-2-4-7-13/h2-4,6-7,10-11,14-15H,5,8-9H2,1H3,(H,18,20). The number of aryl methyl sites for hydroxylation is 1. The molecule has 5 nitrogen and oxygen atoms in total. The lowest BCUT2D eigenvalue weighted by molar-refractivity contribution is 0.0894. The van der Waals surface area contributed by atoms with E-state index in [2.05, 4.69) is 10.4 Å². The number of nitrogens with zero attached hydrogens (tertiary/aromatic N) is 2. The van der Waals surface area contributed by atoms with Gasteiger partial charge in [0.05, 0.1) is 17.8 Å². The van der Waals surface area contributed by atoms with Crippen LogP contribution in [0.5, 0.6) is 5.75 Å². The highest BCUT2D eigenvalue weighted by atomic mass is 16.5. The molecule has 1 aliphatic carbocycles. The minimum Gasteiger partial charge on any atom is -0.488 e. The van der Waals surface area contributed by atoms with Crippen LogP contribution in [0.4, 0.5) is 0 Å². The molecule has 0 aliphatic heterocycles. The number of carbonyl (C=O) groups excluding carboxylic acids is 1. The molecule has 2 unspecified atom stereocenters. The van der Waals surface area contributed by atoms with Crippen molar-refractivity contribution in [2.24, 2.45) is 7.05 Å². The predicted octanol–water partition coefficient (Wildman–Crippen LogP) is 2.15. The smallest absolute Gasteiger partial charge is 0.254 e. The van der Waals surface area contributed by atoms with Crippen LogP contribution in [-0.4, -0.2) is 27.8 Å². The largest absolute Gasteiger partial charge is 0.488 e. The SMILES string of the molecule is Cn1cc(C(=O)NC2CCCC2Oc2ccccc2)cn1. The first-order valence-electron chi connectivity index (χ1n) is 7.23. The van der Waals surface area contributed by atoms with Crippen LogP contribution >= 0.6 is 0 Å². The zero-order valence-electron chi connectivity index (χ0n) is 12.0. The Morgan fingerprint density at radius 2 is 2.14 bits per heavy atom. The summed E-state index contributed by atoms with van der Waals surface area (Å²) in [5, 5.41) is 7.09. The number of hydrogen-bond acceptors (Lipinski definition) is 3. The van der Waals surface area contributed by atoms with Crippen molar-refractivity contribution in [2.45, 2.75) is 31.4 Å². The van der Waals surface area contributed by atoms with E-state index in [-0.39, 0.29) is 18.1 Å². The normalized spacial score (nSPS) is 21.2. The van der Waals surface area contributed by atoms with E-state index >= 15 is 0 Å². The third-order valence-electron chi connectivity index (χ3n) is 3.77. The van der Waals surface area contributed by atoms with E-state index in [9.17, 15) is 4.79 Å². The first-order chi connectivity index (χ1) is 10.2. The van der Waals surface area contributed by atoms with Crippen molar-refractivity contribution in [1.29, 1.82) is 0 Å². The fraction of sp³-hybridized carbons (Fsp3) is 0.375. The van der Waals surface area contributed by atoms with E-state index in [0.29, 0.717) is 5.56 Å². The maximum atomic E-state index is 12.2. The molecule has 1 saturated carbocycles. The molecule has 21 heavy (non-hydrogen) atoms. The van der Waals surface area contributed by atoms with Gasteiger partial charge in [-0.3, -0.25) is 9.48 Å². The van der Waals surface area contributed by atoms with Crippen molar-refractivity contribution in [2.75, 3.05) is 0 Å². The van der Waals surface area contributed by atoms with Gasteiger partial charge in [-0.25, -0.2) is 0 Å². The van der Waals surface area contributed by atoms with Crippen LogP contribution in [-0.2, 0) is 7.05 Å². The van der Waals surface area contributed by atoms with Gasteiger partial charge >= 0.3 is 0 Å². The quantitative estimate of drug-likeness (QED) is 0.936. The molecule has 0 radical (unpaired) electrons. The van der Waals surface area contributed by atoms with Crippen LogP contribution < -0.4 is 10.1 Å². The van der Waals surface area contributed by atoms with Gasteiger partial charge in [0.2, 0.25) is 0 Å². The van der Waals surface area contributed by atoms with Crippen LogP contribution in [0.2, 0.25) is 0 Å². The predicted molar refractivity (Wildman–Crippen MR) is 79.2 cm³/mol. The Labute approximate surface area is 123 Å². The Kier molecular flexibility index (Phi) is 3.90. The highest BCUT2D eigenvalue weighted by molar-refractivity contribution is 5.93. The summed E-state index contributed by atoms with van der Waals surface area (Å²) in [7, 11) is 1.80. The maximum Gasteiger partial charge on any atom is 0.254 e. The fourth-order valence-corrected chi connectivity index (χ4v) is 2.70. The Hall–Kier alpha value is -2.30. The van der Waals surface area contributed by atoms with Crippen molar-refractivity contribution in [1.82, 2.24) is 15.1 Å². The fourth-order valence-electron chi connectivity index (χ4n) is 2.70. The summed E-state index contributed by atoms with van der Waals surface area (Å²) < 4.78 is 7.62. The molecule has 0 saturated heterocycles.